The fourth-order valence-electron chi connectivity index (χ4n) is 8.98. The van der Waals surface area contributed by atoms with E-state index in [0.717, 1.165) is 5.69 Å². The first-order chi connectivity index (χ1) is 23.0. The fraction of sp³-hybridized carbons (Fsp3) is 0.217. The van der Waals surface area contributed by atoms with Crippen molar-refractivity contribution in [2.45, 2.75) is 64.7 Å². The summed E-state index contributed by atoms with van der Waals surface area (Å²) in [6.07, 6.45) is 0. The molecule has 0 spiro atoms. The van der Waals surface area contributed by atoms with Crippen LogP contribution in [0.4, 0.5) is 34.1 Å². The average Bonchev–Trinajstić information content (AvgIpc) is 3.31. The molecule has 0 fully saturated rings. The number of nitrogens with zero attached hydrogens (tertiary/aromatic N) is 2. The van der Waals surface area contributed by atoms with Gasteiger partial charge in [-0.05, 0) is 100.0 Å². The van der Waals surface area contributed by atoms with Gasteiger partial charge in [0.2, 0.25) is 0 Å². The minimum Gasteiger partial charge on any atom is -0.310 e. The summed E-state index contributed by atoms with van der Waals surface area (Å²) in [5.41, 5.74) is 19.3. The molecule has 48 heavy (non-hydrogen) atoms. The molecule has 0 amide bonds. The number of aryl methyl sites for hydroxylation is 1. The van der Waals surface area contributed by atoms with Crippen LogP contribution >= 0.6 is 0 Å². The molecule has 3 aliphatic rings. The Kier molecular flexibility index (Phi) is 5.90. The molecule has 6 aromatic rings. The van der Waals surface area contributed by atoms with Crippen LogP contribution in [0.15, 0.2) is 127 Å². The van der Waals surface area contributed by atoms with Gasteiger partial charge in [0.1, 0.15) is 0 Å². The van der Waals surface area contributed by atoms with E-state index in [1.165, 1.54) is 78.5 Å². The molecule has 236 valence electrons. The number of para-hydroxylation sites is 2. The van der Waals surface area contributed by atoms with Crippen molar-refractivity contribution in [2.24, 2.45) is 0 Å². The zero-order valence-corrected chi connectivity index (χ0v) is 29.0. The van der Waals surface area contributed by atoms with Gasteiger partial charge in [-0.3, -0.25) is 0 Å². The first kappa shape index (κ1) is 29.1. The summed E-state index contributed by atoms with van der Waals surface area (Å²) < 4.78 is 0. The highest BCUT2D eigenvalue weighted by atomic mass is 15.2. The van der Waals surface area contributed by atoms with Crippen LogP contribution in [0.3, 0.4) is 0 Å². The van der Waals surface area contributed by atoms with Gasteiger partial charge in [0.15, 0.2) is 0 Å². The largest absolute Gasteiger partial charge is 0.310 e. The van der Waals surface area contributed by atoms with Crippen LogP contribution in [0.5, 0.6) is 0 Å². The number of anilines is 6. The minimum atomic E-state index is -0.198. The predicted octanol–water partition coefficient (Wildman–Crippen LogP) is 12.5. The lowest BCUT2D eigenvalue weighted by molar-refractivity contribution is 0.597. The summed E-state index contributed by atoms with van der Waals surface area (Å²) in [5.74, 6) is 0. The van der Waals surface area contributed by atoms with Gasteiger partial charge >= 0.3 is 0 Å². The molecule has 2 heteroatoms. The van der Waals surface area contributed by atoms with Gasteiger partial charge in [-0.25, -0.2) is 0 Å². The van der Waals surface area contributed by atoms with Crippen molar-refractivity contribution in [1.82, 2.24) is 0 Å². The number of rotatable bonds is 3. The van der Waals surface area contributed by atoms with Crippen LogP contribution < -0.4 is 9.80 Å². The van der Waals surface area contributed by atoms with Crippen molar-refractivity contribution in [2.75, 3.05) is 9.80 Å². The Bertz CT molecular complexity index is 2290. The predicted molar refractivity (Wildman–Crippen MR) is 202 cm³/mol. The molecule has 2 heterocycles. The number of fused-ring (bicyclic) bond motifs is 7. The van der Waals surface area contributed by atoms with E-state index >= 15 is 0 Å². The van der Waals surface area contributed by atoms with Crippen molar-refractivity contribution in [1.29, 1.82) is 0 Å². The van der Waals surface area contributed by atoms with E-state index in [4.69, 9.17) is 0 Å². The number of hydrogen-bond donors (Lipinski definition) is 0. The van der Waals surface area contributed by atoms with E-state index in [2.05, 4.69) is 186 Å². The lowest BCUT2D eigenvalue weighted by atomic mass is 9.66. The number of benzene rings is 6. The van der Waals surface area contributed by atoms with Gasteiger partial charge in [-0.15, -0.1) is 0 Å². The monoisotopic (exact) mass is 622 g/mol. The highest BCUT2D eigenvalue weighted by Gasteiger charge is 2.45. The average molecular weight is 623 g/mol. The molecule has 2 nitrogen and oxygen atoms in total. The molecule has 2 aliphatic heterocycles. The molecule has 0 saturated heterocycles. The van der Waals surface area contributed by atoms with E-state index in [-0.39, 0.29) is 16.2 Å². The molecule has 0 bridgehead atoms. The Morgan fingerprint density at radius 1 is 0.417 bits per heavy atom. The minimum absolute atomic E-state index is 0.0738. The molecular weight excluding hydrogens is 581 g/mol. The van der Waals surface area contributed by atoms with E-state index in [0.29, 0.717) is 0 Å². The standard InChI is InChI=1S/C46H42N2/c1-29-19-21-30(22-20-29)47(31-23-25-34-33-13-8-9-14-35(33)44(2,3)39(34)27-31)32-24-26-42-40(28-32)46(6,7)38-17-12-16-37-43(38)48(42)41-18-11-10-15-36(41)45(37,4)5/h8-28H,1-7H3. The first-order valence-electron chi connectivity index (χ1n) is 17.3. The summed E-state index contributed by atoms with van der Waals surface area (Å²) in [6, 6.07) is 48.0. The molecule has 0 radical (unpaired) electrons. The highest BCUT2D eigenvalue weighted by molar-refractivity contribution is 5.94. The molecule has 0 atom stereocenters. The lowest BCUT2D eigenvalue weighted by Gasteiger charge is -2.49. The van der Waals surface area contributed by atoms with E-state index in [1.54, 1.807) is 0 Å². The second-order valence-electron chi connectivity index (χ2n) is 15.6. The number of hydrogen-bond acceptors (Lipinski definition) is 2. The zero-order chi connectivity index (χ0) is 33.2. The third-order valence-electron chi connectivity index (χ3n) is 11.7. The van der Waals surface area contributed by atoms with Crippen molar-refractivity contribution in [3.8, 4) is 11.1 Å². The van der Waals surface area contributed by atoms with Crippen molar-refractivity contribution >= 4 is 34.1 Å². The van der Waals surface area contributed by atoms with Crippen LogP contribution in [0.2, 0.25) is 0 Å². The maximum atomic E-state index is 2.54. The van der Waals surface area contributed by atoms with Crippen LogP contribution in [-0.2, 0) is 16.2 Å². The zero-order valence-electron chi connectivity index (χ0n) is 29.0. The Morgan fingerprint density at radius 3 is 1.65 bits per heavy atom. The normalized spacial score (nSPS) is 16.7. The molecule has 6 aromatic carbocycles. The fourth-order valence-corrected chi connectivity index (χ4v) is 8.98. The maximum Gasteiger partial charge on any atom is 0.0543 e. The second kappa shape index (κ2) is 9.73. The SMILES string of the molecule is Cc1ccc(N(c2ccc3c(c2)C(C)(C)c2ccccc2-3)c2ccc3c(c2)C(C)(C)c2cccc4c2N3c2ccccc2C4(C)C)cc1. The van der Waals surface area contributed by atoms with Gasteiger partial charge in [0.05, 0.1) is 17.1 Å². The Hall–Kier alpha value is -5.08. The maximum absolute atomic E-state index is 2.54. The van der Waals surface area contributed by atoms with Crippen LogP contribution in [0.1, 0.15) is 80.5 Å². The molecule has 9 rings (SSSR count). The van der Waals surface area contributed by atoms with E-state index < -0.39 is 0 Å². The van der Waals surface area contributed by atoms with Crippen molar-refractivity contribution < 1.29 is 0 Å². The quantitative estimate of drug-likeness (QED) is 0.194. The topological polar surface area (TPSA) is 6.48 Å². The van der Waals surface area contributed by atoms with Gasteiger partial charge in [-0.2, -0.15) is 0 Å². The smallest absolute Gasteiger partial charge is 0.0543 e. The van der Waals surface area contributed by atoms with Crippen LogP contribution in [0, 0.1) is 6.92 Å². The summed E-state index contributed by atoms with van der Waals surface area (Å²) in [7, 11) is 0. The molecule has 0 aromatic heterocycles. The third kappa shape index (κ3) is 3.80. The van der Waals surface area contributed by atoms with Gasteiger partial charge in [0.25, 0.3) is 0 Å². The van der Waals surface area contributed by atoms with Crippen molar-refractivity contribution in [3.63, 3.8) is 0 Å². The van der Waals surface area contributed by atoms with Gasteiger partial charge < -0.3 is 9.80 Å². The second-order valence-corrected chi connectivity index (χ2v) is 15.6. The Morgan fingerprint density at radius 2 is 0.917 bits per heavy atom. The molecule has 0 saturated carbocycles. The van der Waals surface area contributed by atoms with Gasteiger partial charge in [-0.1, -0.05) is 126 Å². The first-order valence-corrected chi connectivity index (χ1v) is 17.3. The molecular formula is C46H42N2. The molecule has 0 N–H and O–H groups in total. The van der Waals surface area contributed by atoms with Crippen LogP contribution in [0.25, 0.3) is 11.1 Å². The Balaban J connectivity index is 1.26. The highest BCUT2D eigenvalue weighted by Crippen LogP contribution is 2.60. The van der Waals surface area contributed by atoms with E-state index in [9.17, 15) is 0 Å². The van der Waals surface area contributed by atoms with Crippen LogP contribution in [-0.4, -0.2) is 0 Å². The van der Waals surface area contributed by atoms with Gasteiger partial charge in [0, 0.05) is 33.3 Å². The Labute approximate surface area is 285 Å². The van der Waals surface area contributed by atoms with E-state index in [1.807, 2.05) is 0 Å². The third-order valence-corrected chi connectivity index (χ3v) is 11.7. The van der Waals surface area contributed by atoms with Crippen molar-refractivity contribution in [3.05, 3.63) is 166 Å². The summed E-state index contributed by atoms with van der Waals surface area (Å²) in [6.45, 7) is 16.4. The summed E-state index contributed by atoms with van der Waals surface area (Å²) in [5, 5.41) is 0. The molecule has 1 aliphatic carbocycles. The summed E-state index contributed by atoms with van der Waals surface area (Å²) >= 11 is 0. The lowest BCUT2D eigenvalue weighted by Crippen LogP contribution is -2.38. The molecule has 0 unspecified atom stereocenters. The summed E-state index contributed by atoms with van der Waals surface area (Å²) in [4.78, 5) is 5.00.